The molecule has 0 spiro atoms. The molecule has 0 atom stereocenters. The average molecular weight is 263 g/mol. The number of rotatable bonds is 5. The number of nitrogens with zero attached hydrogens (tertiary/aromatic N) is 3. The van der Waals surface area contributed by atoms with Gasteiger partial charge in [0.05, 0.1) is 18.0 Å². The van der Waals surface area contributed by atoms with E-state index in [1.165, 1.54) is 11.3 Å². The van der Waals surface area contributed by atoms with Crippen molar-refractivity contribution in [3.05, 3.63) is 29.1 Å². The van der Waals surface area contributed by atoms with Gasteiger partial charge in [0, 0.05) is 26.2 Å². The Morgan fingerprint density at radius 2 is 2.32 bits per heavy atom. The quantitative estimate of drug-likeness (QED) is 0.829. The lowest BCUT2D eigenvalue weighted by atomic mass is 10.2. The molecule has 0 aromatic carbocycles. The number of aryl methyl sites for hydroxylation is 1. The standard InChI is InChI=1S/C15H25N3O/c1-3-13(2)6-4-7-17-8-5-9-18-15(11-17)10-14(12-19)16-18/h6,10,19H,3-5,7-9,11-12H2,1-2H3. The molecule has 0 amide bonds. The van der Waals surface area contributed by atoms with E-state index in [9.17, 15) is 0 Å². The average Bonchev–Trinajstić information content (AvgIpc) is 2.71. The molecule has 106 valence electrons. The third-order valence-electron chi connectivity index (χ3n) is 3.80. The lowest BCUT2D eigenvalue weighted by molar-refractivity contribution is 0.270. The van der Waals surface area contributed by atoms with Crippen LogP contribution in [0.15, 0.2) is 17.7 Å². The molecule has 2 heterocycles. The minimum absolute atomic E-state index is 0.0401. The molecule has 0 unspecified atom stereocenters. The fourth-order valence-corrected chi connectivity index (χ4v) is 2.49. The Labute approximate surface area is 115 Å². The predicted octanol–water partition coefficient (Wildman–Crippen LogP) is 2.33. The first-order chi connectivity index (χ1) is 9.22. The predicted molar refractivity (Wildman–Crippen MR) is 76.7 cm³/mol. The molecule has 0 saturated heterocycles. The molecule has 1 aliphatic heterocycles. The molecular formula is C15H25N3O. The number of fused-ring (bicyclic) bond motifs is 1. The third-order valence-corrected chi connectivity index (χ3v) is 3.80. The zero-order chi connectivity index (χ0) is 13.7. The van der Waals surface area contributed by atoms with Gasteiger partial charge in [-0.15, -0.1) is 0 Å². The highest BCUT2D eigenvalue weighted by Gasteiger charge is 2.15. The highest BCUT2D eigenvalue weighted by molar-refractivity contribution is 5.10. The summed E-state index contributed by atoms with van der Waals surface area (Å²) >= 11 is 0. The largest absolute Gasteiger partial charge is 0.390 e. The second kappa shape index (κ2) is 6.87. The van der Waals surface area contributed by atoms with E-state index in [0.717, 1.165) is 51.1 Å². The van der Waals surface area contributed by atoms with E-state index in [-0.39, 0.29) is 6.61 Å². The van der Waals surface area contributed by atoms with Gasteiger partial charge in [-0.05, 0) is 32.3 Å². The summed E-state index contributed by atoms with van der Waals surface area (Å²) in [5, 5.41) is 13.6. The monoisotopic (exact) mass is 263 g/mol. The lowest BCUT2D eigenvalue weighted by Crippen LogP contribution is -2.24. The Bertz CT molecular complexity index is 437. The maximum absolute atomic E-state index is 9.16. The molecule has 0 fully saturated rings. The molecular weight excluding hydrogens is 238 g/mol. The Balaban J connectivity index is 1.93. The molecule has 19 heavy (non-hydrogen) atoms. The van der Waals surface area contributed by atoms with Crippen LogP contribution < -0.4 is 0 Å². The van der Waals surface area contributed by atoms with E-state index in [0.29, 0.717) is 0 Å². The molecule has 0 aliphatic carbocycles. The molecule has 1 aromatic rings. The normalized spacial score (nSPS) is 17.3. The van der Waals surface area contributed by atoms with Gasteiger partial charge < -0.3 is 5.11 Å². The van der Waals surface area contributed by atoms with E-state index in [1.54, 1.807) is 0 Å². The van der Waals surface area contributed by atoms with E-state index >= 15 is 0 Å². The van der Waals surface area contributed by atoms with Crippen molar-refractivity contribution in [2.24, 2.45) is 0 Å². The van der Waals surface area contributed by atoms with Crippen molar-refractivity contribution in [3.8, 4) is 0 Å². The maximum atomic E-state index is 9.16. The van der Waals surface area contributed by atoms with Crippen LogP contribution in [0.25, 0.3) is 0 Å². The first kappa shape index (κ1) is 14.3. The van der Waals surface area contributed by atoms with Crippen molar-refractivity contribution in [1.82, 2.24) is 14.7 Å². The van der Waals surface area contributed by atoms with Crippen LogP contribution in [0.2, 0.25) is 0 Å². The first-order valence-electron chi connectivity index (χ1n) is 7.27. The van der Waals surface area contributed by atoms with Crippen molar-refractivity contribution in [2.45, 2.75) is 52.8 Å². The van der Waals surface area contributed by atoms with Crippen LogP contribution >= 0.6 is 0 Å². The van der Waals surface area contributed by atoms with Crippen molar-refractivity contribution in [1.29, 1.82) is 0 Å². The van der Waals surface area contributed by atoms with Crippen molar-refractivity contribution in [3.63, 3.8) is 0 Å². The molecule has 1 aliphatic rings. The van der Waals surface area contributed by atoms with Crippen LogP contribution in [-0.4, -0.2) is 32.9 Å². The van der Waals surface area contributed by atoms with Crippen LogP contribution in [0.3, 0.4) is 0 Å². The Kier molecular flexibility index (Phi) is 5.16. The summed E-state index contributed by atoms with van der Waals surface area (Å²) in [6.45, 7) is 8.60. The van der Waals surface area contributed by atoms with Crippen LogP contribution in [0, 0.1) is 0 Å². The van der Waals surface area contributed by atoms with Gasteiger partial charge in [-0.1, -0.05) is 18.6 Å². The van der Waals surface area contributed by atoms with Crippen molar-refractivity contribution >= 4 is 0 Å². The van der Waals surface area contributed by atoms with E-state index in [1.807, 2.05) is 6.07 Å². The number of aliphatic hydroxyl groups excluding tert-OH is 1. The number of hydrogen-bond acceptors (Lipinski definition) is 3. The Morgan fingerprint density at radius 1 is 1.47 bits per heavy atom. The third kappa shape index (κ3) is 3.91. The number of aliphatic hydroxyl groups is 1. The molecule has 1 N–H and O–H groups in total. The Hall–Kier alpha value is -1.13. The summed E-state index contributed by atoms with van der Waals surface area (Å²) in [7, 11) is 0. The Morgan fingerprint density at radius 3 is 3.05 bits per heavy atom. The number of allylic oxidation sites excluding steroid dienone is 1. The smallest absolute Gasteiger partial charge is 0.0882 e. The number of aromatic nitrogens is 2. The molecule has 0 radical (unpaired) electrons. The fourth-order valence-electron chi connectivity index (χ4n) is 2.49. The van der Waals surface area contributed by atoms with Gasteiger partial charge in [0.25, 0.3) is 0 Å². The SMILES string of the molecule is CCC(C)=CCCN1CCCn2nc(CO)cc2C1. The first-order valence-corrected chi connectivity index (χ1v) is 7.27. The van der Waals surface area contributed by atoms with Crippen molar-refractivity contribution in [2.75, 3.05) is 13.1 Å². The number of hydrogen-bond donors (Lipinski definition) is 1. The highest BCUT2D eigenvalue weighted by Crippen LogP contribution is 2.14. The van der Waals surface area contributed by atoms with Gasteiger partial charge in [0.2, 0.25) is 0 Å². The van der Waals surface area contributed by atoms with Crippen LogP contribution in [0.1, 0.15) is 44.5 Å². The van der Waals surface area contributed by atoms with Crippen LogP contribution in [0.4, 0.5) is 0 Å². The summed E-state index contributed by atoms with van der Waals surface area (Å²) in [5.41, 5.74) is 3.50. The van der Waals surface area contributed by atoms with Gasteiger partial charge >= 0.3 is 0 Å². The van der Waals surface area contributed by atoms with Gasteiger partial charge in [-0.25, -0.2) is 0 Å². The van der Waals surface area contributed by atoms with Crippen LogP contribution in [-0.2, 0) is 19.7 Å². The van der Waals surface area contributed by atoms with E-state index < -0.39 is 0 Å². The zero-order valence-electron chi connectivity index (χ0n) is 12.1. The summed E-state index contributed by atoms with van der Waals surface area (Å²) in [5.74, 6) is 0. The topological polar surface area (TPSA) is 41.3 Å². The lowest BCUT2D eigenvalue weighted by Gasteiger charge is -2.18. The molecule has 4 nitrogen and oxygen atoms in total. The molecule has 0 saturated carbocycles. The molecule has 2 rings (SSSR count). The minimum atomic E-state index is 0.0401. The second-order valence-corrected chi connectivity index (χ2v) is 5.33. The van der Waals surface area contributed by atoms with Crippen LogP contribution in [0.5, 0.6) is 0 Å². The van der Waals surface area contributed by atoms with E-state index in [4.69, 9.17) is 5.11 Å². The van der Waals surface area contributed by atoms with Gasteiger partial charge in [0.1, 0.15) is 0 Å². The van der Waals surface area contributed by atoms with Gasteiger partial charge in [-0.2, -0.15) is 5.10 Å². The molecule has 0 bridgehead atoms. The van der Waals surface area contributed by atoms with Gasteiger partial charge in [-0.3, -0.25) is 9.58 Å². The summed E-state index contributed by atoms with van der Waals surface area (Å²) in [6, 6.07) is 2.03. The summed E-state index contributed by atoms with van der Waals surface area (Å²) in [6.07, 6.45) is 5.75. The zero-order valence-corrected chi connectivity index (χ0v) is 12.1. The minimum Gasteiger partial charge on any atom is -0.390 e. The fraction of sp³-hybridized carbons (Fsp3) is 0.667. The molecule has 1 aromatic heterocycles. The van der Waals surface area contributed by atoms with E-state index in [2.05, 4.69) is 34.6 Å². The summed E-state index contributed by atoms with van der Waals surface area (Å²) < 4.78 is 2.05. The second-order valence-electron chi connectivity index (χ2n) is 5.33. The van der Waals surface area contributed by atoms with Gasteiger partial charge in [0.15, 0.2) is 0 Å². The molecule has 4 heteroatoms. The maximum Gasteiger partial charge on any atom is 0.0882 e. The van der Waals surface area contributed by atoms with Crippen molar-refractivity contribution < 1.29 is 5.11 Å². The highest BCUT2D eigenvalue weighted by atomic mass is 16.3. The summed E-state index contributed by atoms with van der Waals surface area (Å²) in [4.78, 5) is 2.49.